The van der Waals surface area contributed by atoms with Crippen LogP contribution in [-0.2, 0) is 4.79 Å². The monoisotopic (exact) mass is 367 g/mol. The number of para-hydroxylation sites is 1. The van der Waals surface area contributed by atoms with Crippen LogP contribution in [0.3, 0.4) is 0 Å². The zero-order valence-electron chi connectivity index (χ0n) is 15.3. The minimum atomic E-state index is -0.416. The molecular formula is C20H21N3O4. The second-order valence-corrected chi connectivity index (χ2v) is 6.10. The number of hydrogen-bond donors (Lipinski definition) is 3. The molecule has 0 radical (unpaired) electrons. The number of rotatable bonds is 5. The van der Waals surface area contributed by atoms with Crippen molar-refractivity contribution in [3.05, 3.63) is 54.3 Å². The van der Waals surface area contributed by atoms with Crippen LogP contribution in [0.5, 0.6) is 5.75 Å². The number of hydrogen-bond acceptors (Lipinski definition) is 4. The van der Waals surface area contributed by atoms with Gasteiger partial charge in [0, 0.05) is 18.0 Å². The highest BCUT2D eigenvalue weighted by Gasteiger charge is 2.15. The molecule has 7 nitrogen and oxygen atoms in total. The van der Waals surface area contributed by atoms with E-state index in [1.807, 2.05) is 37.3 Å². The smallest absolute Gasteiger partial charge is 0.319 e. The summed E-state index contributed by atoms with van der Waals surface area (Å²) in [4.78, 5) is 23.6. The highest BCUT2D eigenvalue weighted by molar-refractivity contribution is 5.94. The van der Waals surface area contributed by atoms with Crippen LogP contribution in [0, 0.1) is 0 Å². The molecule has 1 aromatic heterocycles. The number of methoxy groups -OCH3 is 1. The first-order chi connectivity index (χ1) is 13.0. The Morgan fingerprint density at radius 3 is 2.56 bits per heavy atom. The Bertz CT molecular complexity index is 947. The molecule has 0 saturated heterocycles. The lowest BCUT2D eigenvalue weighted by atomic mass is 10.2. The van der Waals surface area contributed by atoms with E-state index in [2.05, 4.69) is 16.0 Å². The molecule has 0 aliphatic rings. The SMILES string of the molecule is COc1ccc(NC(C)=O)cc1NC(=O)N[C@@H](C)c1cc2ccccc2o1. The Morgan fingerprint density at radius 2 is 1.85 bits per heavy atom. The molecule has 3 aromatic rings. The van der Waals surface area contributed by atoms with E-state index in [0.717, 1.165) is 11.0 Å². The zero-order valence-corrected chi connectivity index (χ0v) is 15.3. The Balaban J connectivity index is 1.71. The van der Waals surface area contributed by atoms with Gasteiger partial charge in [0.15, 0.2) is 0 Å². The van der Waals surface area contributed by atoms with Gasteiger partial charge in [0.2, 0.25) is 5.91 Å². The minimum Gasteiger partial charge on any atom is -0.495 e. The zero-order chi connectivity index (χ0) is 19.4. The molecule has 3 N–H and O–H groups in total. The minimum absolute atomic E-state index is 0.200. The summed E-state index contributed by atoms with van der Waals surface area (Å²) in [6.45, 7) is 3.25. The second-order valence-electron chi connectivity index (χ2n) is 6.10. The van der Waals surface area contributed by atoms with Gasteiger partial charge in [-0.3, -0.25) is 4.79 Å². The Kier molecular flexibility index (Phi) is 5.30. The van der Waals surface area contributed by atoms with Gasteiger partial charge in [-0.15, -0.1) is 0 Å². The van der Waals surface area contributed by atoms with Crippen LogP contribution in [0.1, 0.15) is 25.6 Å². The Labute approximate surface area is 156 Å². The fourth-order valence-corrected chi connectivity index (χ4v) is 2.73. The van der Waals surface area contributed by atoms with Gasteiger partial charge in [-0.25, -0.2) is 4.79 Å². The van der Waals surface area contributed by atoms with Gasteiger partial charge < -0.3 is 25.1 Å². The molecule has 0 spiro atoms. The molecule has 0 bridgehead atoms. The van der Waals surface area contributed by atoms with Gasteiger partial charge in [-0.1, -0.05) is 18.2 Å². The van der Waals surface area contributed by atoms with E-state index in [0.29, 0.717) is 22.9 Å². The van der Waals surface area contributed by atoms with Crippen LogP contribution >= 0.6 is 0 Å². The van der Waals surface area contributed by atoms with E-state index in [4.69, 9.17) is 9.15 Å². The average molecular weight is 367 g/mol. The predicted octanol–water partition coefficient (Wildman–Crippen LogP) is 4.28. The summed E-state index contributed by atoms with van der Waals surface area (Å²) in [7, 11) is 1.51. The van der Waals surface area contributed by atoms with Crippen molar-refractivity contribution in [2.45, 2.75) is 19.9 Å². The van der Waals surface area contributed by atoms with Crippen LogP contribution < -0.4 is 20.7 Å². The van der Waals surface area contributed by atoms with E-state index in [1.165, 1.54) is 14.0 Å². The average Bonchev–Trinajstić information content (AvgIpc) is 3.05. The molecule has 27 heavy (non-hydrogen) atoms. The molecule has 0 saturated carbocycles. The summed E-state index contributed by atoms with van der Waals surface area (Å²) in [6, 6.07) is 13.8. The van der Waals surface area contributed by atoms with E-state index >= 15 is 0 Å². The molecule has 0 aliphatic heterocycles. The van der Waals surface area contributed by atoms with Crippen molar-refractivity contribution in [3.63, 3.8) is 0 Å². The fraction of sp³-hybridized carbons (Fsp3) is 0.200. The lowest BCUT2D eigenvalue weighted by molar-refractivity contribution is -0.114. The molecule has 0 aliphatic carbocycles. The molecule has 3 amide bonds. The van der Waals surface area contributed by atoms with Gasteiger partial charge in [-0.2, -0.15) is 0 Å². The van der Waals surface area contributed by atoms with Crippen molar-refractivity contribution in [2.75, 3.05) is 17.7 Å². The summed E-state index contributed by atoms with van der Waals surface area (Å²) in [5.41, 5.74) is 1.77. The fourth-order valence-electron chi connectivity index (χ4n) is 2.73. The van der Waals surface area contributed by atoms with E-state index < -0.39 is 6.03 Å². The number of anilines is 2. The first kappa shape index (κ1) is 18.3. The maximum atomic E-state index is 12.4. The van der Waals surface area contributed by atoms with Crippen molar-refractivity contribution in [1.82, 2.24) is 5.32 Å². The largest absolute Gasteiger partial charge is 0.495 e. The number of benzene rings is 2. The number of carbonyl (C=O) groups is 2. The number of fused-ring (bicyclic) bond motifs is 1. The summed E-state index contributed by atoms with van der Waals surface area (Å²) < 4.78 is 11.0. The number of amides is 3. The van der Waals surface area contributed by atoms with Crippen molar-refractivity contribution < 1.29 is 18.7 Å². The van der Waals surface area contributed by atoms with Crippen LogP contribution in [0.25, 0.3) is 11.0 Å². The van der Waals surface area contributed by atoms with Crippen molar-refractivity contribution in [3.8, 4) is 5.75 Å². The van der Waals surface area contributed by atoms with E-state index in [-0.39, 0.29) is 11.9 Å². The predicted molar refractivity (Wildman–Crippen MR) is 104 cm³/mol. The van der Waals surface area contributed by atoms with Gasteiger partial charge in [0.25, 0.3) is 0 Å². The molecule has 3 rings (SSSR count). The number of ether oxygens (including phenoxy) is 1. The third-order valence-corrected chi connectivity index (χ3v) is 3.99. The van der Waals surface area contributed by atoms with Crippen LogP contribution in [-0.4, -0.2) is 19.0 Å². The van der Waals surface area contributed by atoms with E-state index in [9.17, 15) is 9.59 Å². The van der Waals surface area contributed by atoms with Crippen molar-refractivity contribution >= 4 is 34.3 Å². The number of carbonyl (C=O) groups excluding carboxylic acids is 2. The van der Waals surface area contributed by atoms with Crippen LogP contribution in [0.15, 0.2) is 52.9 Å². The van der Waals surface area contributed by atoms with Crippen molar-refractivity contribution in [2.24, 2.45) is 0 Å². The standard InChI is InChI=1S/C20H21N3O4/c1-12(19-10-14-6-4-5-7-17(14)27-19)21-20(25)23-16-11-15(22-13(2)24)8-9-18(16)26-3/h4-12H,1-3H3,(H,22,24)(H2,21,23,25)/t12-/m0/s1. The lowest BCUT2D eigenvalue weighted by Crippen LogP contribution is -2.31. The maximum absolute atomic E-state index is 12.4. The Hall–Kier alpha value is -3.48. The molecule has 140 valence electrons. The number of urea groups is 1. The highest BCUT2D eigenvalue weighted by atomic mass is 16.5. The summed E-state index contributed by atoms with van der Waals surface area (Å²) in [5, 5.41) is 9.22. The number of nitrogens with one attached hydrogen (secondary N) is 3. The summed E-state index contributed by atoms with van der Waals surface area (Å²) in [5.74, 6) is 0.940. The highest BCUT2D eigenvalue weighted by Crippen LogP contribution is 2.28. The molecule has 7 heteroatoms. The summed E-state index contributed by atoms with van der Waals surface area (Å²) >= 11 is 0. The van der Waals surface area contributed by atoms with Crippen LogP contribution in [0.4, 0.5) is 16.2 Å². The third kappa shape index (κ3) is 4.38. The molecule has 2 aromatic carbocycles. The van der Waals surface area contributed by atoms with Gasteiger partial charge in [0.1, 0.15) is 17.1 Å². The molecule has 0 unspecified atom stereocenters. The number of furan rings is 1. The normalized spacial score (nSPS) is 11.7. The van der Waals surface area contributed by atoms with Gasteiger partial charge >= 0.3 is 6.03 Å². The van der Waals surface area contributed by atoms with Crippen LogP contribution in [0.2, 0.25) is 0 Å². The quantitative estimate of drug-likeness (QED) is 0.627. The third-order valence-electron chi connectivity index (χ3n) is 3.99. The second kappa shape index (κ2) is 7.82. The lowest BCUT2D eigenvalue weighted by Gasteiger charge is -2.15. The first-order valence-corrected chi connectivity index (χ1v) is 8.48. The molecule has 0 fully saturated rings. The summed E-state index contributed by atoms with van der Waals surface area (Å²) in [6.07, 6.45) is 0. The first-order valence-electron chi connectivity index (χ1n) is 8.48. The van der Waals surface area contributed by atoms with Crippen molar-refractivity contribution in [1.29, 1.82) is 0 Å². The van der Waals surface area contributed by atoms with Gasteiger partial charge in [-0.05, 0) is 37.3 Å². The topological polar surface area (TPSA) is 92.6 Å². The van der Waals surface area contributed by atoms with Gasteiger partial charge in [0.05, 0.1) is 18.8 Å². The molecule has 1 heterocycles. The molecule has 1 atom stereocenters. The maximum Gasteiger partial charge on any atom is 0.319 e. The van der Waals surface area contributed by atoms with E-state index in [1.54, 1.807) is 18.2 Å². The Morgan fingerprint density at radius 1 is 1.07 bits per heavy atom. The molecular weight excluding hydrogens is 346 g/mol.